The van der Waals surface area contributed by atoms with Crippen molar-refractivity contribution in [3.05, 3.63) is 71.7 Å². The summed E-state index contributed by atoms with van der Waals surface area (Å²) in [6.07, 6.45) is 5.47. The lowest BCUT2D eigenvalue weighted by molar-refractivity contribution is -0.123. The summed E-state index contributed by atoms with van der Waals surface area (Å²) in [6, 6.07) is 7.50. The smallest absolute Gasteiger partial charge is 0.251 e. The van der Waals surface area contributed by atoms with Crippen molar-refractivity contribution < 1.29 is 28.2 Å². The van der Waals surface area contributed by atoms with Crippen molar-refractivity contribution in [3.63, 3.8) is 0 Å². The molecule has 1 fully saturated rings. The number of aliphatic hydroxyl groups is 1. The summed E-state index contributed by atoms with van der Waals surface area (Å²) in [6.45, 7) is 4.54. The van der Waals surface area contributed by atoms with Gasteiger partial charge in [0, 0.05) is 55.3 Å². The van der Waals surface area contributed by atoms with E-state index in [0.717, 1.165) is 0 Å². The van der Waals surface area contributed by atoms with Crippen molar-refractivity contribution in [1.29, 1.82) is 0 Å². The Kier molecular flexibility index (Phi) is 8.55. The number of methoxy groups -OCH3 is 1. The van der Waals surface area contributed by atoms with Gasteiger partial charge >= 0.3 is 0 Å². The van der Waals surface area contributed by atoms with Gasteiger partial charge in [-0.25, -0.2) is 14.4 Å². The summed E-state index contributed by atoms with van der Waals surface area (Å²) in [5.41, 5.74) is 1.69. The monoisotopic (exact) mass is 593 g/mol. The highest BCUT2D eigenvalue weighted by Crippen LogP contribution is 2.31. The number of carbonyl (C=O) groups excluding carboxylic acids is 2. The molecule has 2 atom stereocenters. The molecule has 2 aromatic heterocycles. The quantitative estimate of drug-likeness (QED) is 0.177. The van der Waals surface area contributed by atoms with Crippen LogP contribution in [0.25, 0.3) is 16.9 Å². The Morgan fingerprint density at radius 2 is 1.95 bits per heavy atom. The number of carbonyl (C=O) groups is 2. The lowest BCUT2D eigenvalue weighted by atomic mass is 9.97. The minimum Gasteiger partial charge on any atom is -0.494 e. The van der Waals surface area contributed by atoms with Crippen molar-refractivity contribution in [2.45, 2.75) is 38.3 Å². The molecule has 0 aliphatic carbocycles. The number of imidazole rings is 1. The average molecular weight is 594 g/mol. The topological polar surface area (TPSA) is 142 Å². The first-order valence-electron chi connectivity index (χ1n) is 13.9. The van der Waals surface area contributed by atoms with Gasteiger partial charge in [0.05, 0.1) is 30.6 Å². The molecule has 1 aliphatic heterocycles. The van der Waals surface area contributed by atoms with Gasteiger partial charge in [0.25, 0.3) is 5.91 Å². The lowest BCUT2D eigenvalue weighted by Gasteiger charge is -2.18. The number of rotatable bonds is 10. The fraction of sp³-hybridized carbons (Fsp3) is 0.333. The minimum atomic E-state index is -1.08. The number of amides is 2. The number of aryl methyl sites for hydroxylation is 1. The maximum Gasteiger partial charge on any atom is 0.251 e. The lowest BCUT2D eigenvalue weighted by Crippen LogP contribution is -2.43. The molecule has 0 bridgehead atoms. The molecular formula is C30H33F2N7O4. The summed E-state index contributed by atoms with van der Waals surface area (Å²) in [7, 11) is 1.27. The summed E-state index contributed by atoms with van der Waals surface area (Å²) < 4.78 is 35.6. The van der Waals surface area contributed by atoms with Crippen molar-refractivity contribution in [2.75, 3.05) is 32.1 Å². The van der Waals surface area contributed by atoms with Crippen LogP contribution in [0.5, 0.6) is 5.75 Å². The molecule has 4 aromatic rings. The summed E-state index contributed by atoms with van der Waals surface area (Å²) in [5.74, 6) is -2.44. The second-order valence-corrected chi connectivity index (χ2v) is 10.5. The molecule has 1 saturated heterocycles. The Balaban J connectivity index is 1.21. The molecule has 5 N–H and O–H groups in total. The van der Waals surface area contributed by atoms with Gasteiger partial charge in [-0.1, -0.05) is 6.92 Å². The van der Waals surface area contributed by atoms with Gasteiger partial charge in [0.15, 0.2) is 23.0 Å². The molecule has 2 amide bonds. The third kappa shape index (κ3) is 6.13. The first-order valence-corrected chi connectivity index (χ1v) is 13.9. The van der Waals surface area contributed by atoms with Gasteiger partial charge in [-0.15, -0.1) is 0 Å². The highest BCUT2D eigenvalue weighted by molar-refractivity contribution is 5.96. The van der Waals surface area contributed by atoms with E-state index in [-0.39, 0.29) is 36.2 Å². The van der Waals surface area contributed by atoms with Crippen LogP contribution in [0, 0.1) is 18.6 Å². The molecule has 2 aromatic carbocycles. The number of fused-ring (bicyclic) bond motifs is 1. The summed E-state index contributed by atoms with van der Waals surface area (Å²) in [4.78, 5) is 33.9. The van der Waals surface area contributed by atoms with E-state index in [2.05, 4.69) is 31.2 Å². The maximum atomic E-state index is 14.8. The predicted molar refractivity (Wildman–Crippen MR) is 156 cm³/mol. The molecule has 226 valence electrons. The van der Waals surface area contributed by atoms with Gasteiger partial charge in [0.2, 0.25) is 11.7 Å². The second kappa shape index (κ2) is 12.3. The number of aromatic nitrogens is 3. The van der Waals surface area contributed by atoms with E-state index in [1.54, 1.807) is 35.7 Å². The molecular weight excluding hydrogens is 560 g/mol. The van der Waals surface area contributed by atoms with E-state index in [1.165, 1.54) is 31.6 Å². The zero-order valence-corrected chi connectivity index (χ0v) is 24.0. The molecule has 13 heteroatoms. The molecule has 2 unspecified atom stereocenters. The van der Waals surface area contributed by atoms with Crippen molar-refractivity contribution in [2.24, 2.45) is 0 Å². The van der Waals surface area contributed by atoms with E-state index in [4.69, 9.17) is 4.74 Å². The average Bonchev–Trinajstić information content (AvgIpc) is 3.62. The number of benzene rings is 2. The Labute approximate surface area is 246 Å². The number of anilines is 2. The van der Waals surface area contributed by atoms with Crippen LogP contribution in [-0.4, -0.2) is 69.7 Å². The molecule has 3 heterocycles. The third-order valence-electron chi connectivity index (χ3n) is 7.65. The Hall–Kier alpha value is -4.62. The Morgan fingerprint density at radius 1 is 1.16 bits per heavy atom. The summed E-state index contributed by atoms with van der Waals surface area (Å²) in [5, 5.41) is 22.1. The van der Waals surface area contributed by atoms with Crippen LogP contribution in [-0.2, 0) is 4.79 Å². The maximum absolute atomic E-state index is 14.8. The zero-order chi connectivity index (χ0) is 30.7. The van der Waals surface area contributed by atoms with Crippen LogP contribution in [0.3, 0.4) is 0 Å². The first-order chi connectivity index (χ1) is 20.6. The van der Waals surface area contributed by atoms with Crippen molar-refractivity contribution in [1.82, 2.24) is 30.3 Å². The van der Waals surface area contributed by atoms with Crippen molar-refractivity contribution >= 4 is 29.0 Å². The van der Waals surface area contributed by atoms with Crippen LogP contribution >= 0.6 is 0 Å². The molecule has 5 rings (SSSR count). The number of β-amino-alcohol motifs (C(OH)–C–C–N with tert-alkyl or cyclic N) is 1. The highest BCUT2D eigenvalue weighted by atomic mass is 19.2. The zero-order valence-electron chi connectivity index (χ0n) is 24.0. The molecule has 43 heavy (non-hydrogen) atoms. The van der Waals surface area contributed by atoms with E-state index >= 15 is 0 Å². The largest absolute Gasteiger partial charge is 0.494 e. The van der Waals surface area contributed by atoms with Crippen LogP contribution in [0.2, 0.25) is 0 Å². The van der Waals surface area contributed by atoms with Crippen molar-refractivity contribution in [3.8, 4) is 17.0 Å². The van der Waals surface area contributed by atoms with Crippen LogP contribution in [0.1, 0.15) is 35.7 Å². The minimum absolute atomic E-state index is 0.0209. The number of nitrogens with zero attached hydrogens (tertiary/aromatic N) is 3. The fourth-order valence-corrected chi connectivity index (χ4v) is 5.10. The fourth-order valence-electron chi connectivity index (χ4n) is 5.10. The van der Waals surface area contributed by atoms with Crippen LogP contribution in [0.4, 0.5) is 20.3 Å². The predicted octanol–water partition coefficient (Wildman–Crippen LogP) is 3.08. The van der Waals surface area contributed by atoms with Gasteiger partial charge in [-0.3, -0.25) is 14.0 Å². The number of halogens is 2. The second-order valence-electron chi connectivity index (χ2n) is 10.5. The number of hydrogen-bond donors (Lipinski definition) is 5. The van der Waals surface area contributed by atoms with Gasteiger partial charge < -0.3 is 31.1 Å². The number of hydrogen-bond acceptors (Lipinski definition) is 8. The number of ether oxygens (including phenoxy) is 1. The third-order valence-corrected chi connectivity index (χ3v) is 7.65. The van der Waals surface area contributed by atoms with Crippen LogP contribution < -0.4 is 26.0 Å². The van der Waals surface area contributed by atoms with Crippen LogP contribution in [0.15, 0.2) is 48.9 Å². The Morgan fingerprint density at radius 3 is 2.67 bits per heavy atom. The van der Waals surface area contributed by atoms with Gasteiger partial charge in [-0.05, 0) is 49.2 Å². The molecule has 11 nitrogen and oxygen atoms in total. The molecule has 0 spiro atoms. The SMILES string of the molecule is CCC1(O)CNC(C(=O)NCCNC(=O)c2ccc(Nc3nccn4c(-c5ccc(OC)c(F)c5F)cnc34)cc2C)C1. The first kappa shape index (κ1) is 29.9. The normalized spacial score (nSPS) is 18.0. The Bertz CT molecular complexity index is 1680. The van der Waals surface area contributed by atoms with E-state index in [9.17, 15) is 23.5 Å². The highest BCUT2D eigenvalue weighted by Gasteiger charge is 2.38. The summed E-state index contributed by atoms with van der Waals surface area (Å²) >= 11 is 0. The molecule has 1 aliphatic rings. The molecule has 0 radical (unpaired) electrons. The van der Waals surface area contributed by atoms with Gasteiger partial charge in [-0.2, -0.15) is 4.39 Å². The number of nitrogens with one attached hydrogen (secondary N) is 4. The van der Waals surface area contributed by atoms with E-state index in [1.807, 2.05) is 6.92 Å². The van der Waals surface area contributed by atoms with E-state index in [0.29, 0.717) is 53.4 Å². The standard InChI is InChI=1S/C30H33F2N7O4/c1-4-30(42)14-21(37-16-30)29(41)35-10-9-34-28(40)19-6-5-18(13-17(19)2)38-26-27-36-15-22(39(27)12-11-33-26)20-7-8-23(43-3)25(32)24(20)31/h5-8,11-13,15,21,37,42H,4,9-10,14,16H2,1-3H3,(H,33,38)(H,34,40)(H,35,41). The molecule has 0 saturated carbocycles. The van der Waals surface area contributed by atoms with Gasteiger partial charge in [0.1, 0.15) is 0 Å². The van der Waals surface area contributed by atoms with E-state index < -0.39 is 23.3 Å².